The van der Waals surface area contributed by atoms with Crippen molar-refractivity contribution in [2.75, 3.05) is 0 Å². The molecule has 0 saturated carbocycles. The van der Waals surface area contributed by atoms with E-state index in [0.29, 0.717) is 0 Å². The maximum absolute atomic E-state index is 6.56. The number of para-hydroxylation sites is 1. The Morgan fingerprint density at radius 1 is 0.367 bits per heavy atom. The summed E-state index contributed by atoms with van der Waals surface area (Å²) in [5, 5.41) is 9.58. The van der Waals surface area contributed by atoms with E-state index in [-0.39, 0.29) is 5.41 Å². The summed E-state index contributed by atoms with van der Waals surface area (Å²) < 4.78 is 12.8. The van der Waals surface area contributed by atoms with E-state index in [4.69, 9.17) is 8.83 Å². The zero-order valence-corrected chi connectivity index (χ0v) is 27.2. The van der Waals surface area contributed by atoms with Gasteiger partial charge in [0.25, 0.3) is 0 Å². The molecule has 0 saturated heterocycles. The molecule has 1 aliphatic carbocycles. The Bertz CT molecular complexity index is 2970. The van der Waals surface area contributed by atoms with Crippen molar-refractivity contribution in [2.24, 2.45) is 0 Å². The minimum absolute atomic E-state index is 0.0741. The van der Waals surface area contributed by atoms with Crippen molar-refractivity contribution in [1.82, 2.24) is 0 Å². The van der Waals surface area contributed by atoms with Crippen LogP contribution in [0.4, 0.5) is 0 Å². The lowest BCUT2D eigenvalue weighted by Gasteiger charge is -2.21. The normalized spacial score (nSPS) is 13.7. The number of furan rings is 2. The molecule has 2 nitrogen and oxygen atoms in total. The summed E-state index contributed by atoms with van der Waals surface area (Å²) in [5.41, 5.74) is 13.8. The third-order valence-corrected chi connectivity index (χ3v) is 11.1. The average molecular weight is 627 g/mol. The Morgan fingerprint density at radius 3 is 1.53 bits per heavy atom. The standard InChI is InChI=1S/C47H30O2/c1-47(2)37-17-9-7-16-34(37)45-38(47)21-24-42-46(45)36-26-28(20-23-41(36)49-42)44-32-14-5-3-12-30(32)43(31-13-4-6-15-33(31)44)27-19-22-40-35(25-27)29-11-8-10-18-39(29)48-40/h3-26H,1-2H3. The summed E-state index contributed by atoms with van der Waals surface area (Å²) in [5.74, 6) is 0. The second kappa shape index (κ2) is 9.49. The Balaban J connectivity index is 1.21. The first-order chi connectivity index (χ1) is 24.1. The fourth-order valence-corrected chi connectivity index (χ4v) is 8.85. The first-order valence-electron chi connectivity index (χ1n) is 17.0. The Labute approximate surface area is 282 Å². The minimum Gasteiger partial charge on any atom is -0.456 e. The summed E-state index contributed by atoms with van der Waals surface area (Å²) >= 11 is 0. The highest BCUT2D eigenvalue weighted by Crippen LogP contribution is 2.53. The number of benzene rings is 8. The molecular formula is C47H30O2. The summed E-state index contributed by atoms with van der Waals surface area (Å²) in [6, 6.07) is 52.8. The van der Waals surface area contributed by atoms with Gasteiger partial charge in [-0.25, -0.2) is 0 Å². The van der Waals surface area contributed by atoms with Gasteiger partial charge in [0.1, 0.15) is 22.3 Å². The molecule has 0 radical (unpaired) electrons. The lowest BCUT2D eigenvalue weighted by molar-refractivity contribution is 0.656. The van der Waals surface area contributed by atoms with E-state index in [1.54, 1.807) is 0 Å². The molecule has 0 bridgehead atoms. The number of hydrogen-bond donors (Lipinski definition) is 0. The Morgan fingerprint density at radius 2 is 0.857 bits per heavy atom. The van der Waals surface area contributed by atoms with Gasteiger partial charge < -0.3 is 8.83 Å². The minimum atomic E-state index is -0.0741. The van der Waals surface area contributed by atoms with Crippen molar-refractivity contribution < 1.29 is 8.83 Å². The fourth-order valence-electron chi connectivity index (χ4n) is 8.85. The zero-order valence-electron chi connectivity index (χ0n) is 27.2. The maximum atomic E-state index is 6.56. The molecule has 1 aliphatic rings. The van der Waals surface area contributed by atoms with Gasteiger partial charge in [-0.3, -0.25) is 0 Å². The van der Waals surface area contributed by atoms with Crippen molar-refractivity contribution in [3.63, 3.8) is 0 Å². The zero-order chi connectivity index (χ0) is 32.4. The molecule has 0 aliphatic heterocycles. The Kier molecular flexibility index (Phi) is 5.21. The lowest BCUT2D eigenvalue weighted by atomic mass is 9.82. The molecule has 11 rings (SSSR count). The van der Waals surface area contributed by atoms with Gasteiger partial charge in [0.15, 0.2) is 0 Å². The van der Waals surface area contributed by atoms with Crippen LogP contribution in [-0.2, 0) is 5.41 Å². The second-order valence-corrected chi connectivity index (χ2v) is 14.0. The highest BCUT2D eigenvalue weighted by atomic mass is 16.3. The van der Waals surface area contributed by atoms with Gasteiger partial charge in [-0.05, 0) is 102 Å². The molecule has 0 fully saturated rings. The van der Waals surface area contributed by atoms with Crippen LogP contribution in [0.25, 0.3) is 98.8 Å². The van der Waals surface area contributed by atoms with Gasteiger partial charge in [-0.1, -0.05) is 123 Å². The average Bonchev–Trinajstić information content (AvgIpc) is 3.77. The smallest absolute Gasteiger partial charge is 0.136 e. The van der Waals surface area contributed by atoms with Crippen molar-refractivity contribution in [3.8, 4) is 33.4 Å². The van der Waals surface area contributed by atoms with Gasteiger partial charge in [-0.2, -0.15) is 0 Å². The van der Waals surface area contributed by atoms with Crippen molar-refractivity contribution in [2.45, 2.75) is 19.3 Å². The lowest BCUT2D eigenvalue weighted by Crippen LogP contribution is -2.14. The molecule has 0 unspecified atom stereocenters. The molecule has 8 aromatic carbocycles. The van der Waals surface area contributed by atoms with E-state index in [9.17, 15) is 0 Å². The predicted octanol–water partition coefficient (Wildman–Crippen LogP) is 13.4. The summed E-state index contributed by atoms with van der Waals surface area (Å²) in [6.45, 7) is 4.67. The van der Waals surface area contributed by atoms with E-state index >= 15 is 0 Å². The monoisotopic (exact) mass is 626 g/mol. The molecule has 0 spiro atoms. The van der Waals surface area contributed by atoms with Crippen molar-refractivity contribution in [1.29, 1.82) is 0 Å². The van der Waals surface area contributed by atoms with Gasteiger partial charge in [0.05, 0.1) is 0 Å². The third kappa shape index (κ3) is 3.55. The third-order valence-electron chi connectivity index (χ3n) is 11.1. The molecular weight excluding hydrogens is 597 g/mol. The van der Waals surface area contributed by atoms with Crippen LogP contribution in [-0.4, -0.2) is 0 Å². The SMILES string of the molecule is CC1(C)c2ccccc2-c2c1ccc1oc3ccc(-c4c5ccccc5c(-c5ccc6oc7ccccc7c6c5)c5ccccc45)cc3c21. The summed E-state index contributed by atoms with van der Waals surface area (Å²) in [6.07, 6.45) is 0. The second-order valence-electron chi connectivity index (χ2n) is 14.0. The molecule has 10 aromatic rings. The van der Waals surface area contributed by atoms with Gasteiger partial charge in [-0.15, -0.1) is 0 Å². The van der Waals surface area contributed by atoms with Crippen molar-refractivity contribution >= 4 is 65.4 Å². The highest BCUT2D eigenvalue weighted by Gasteiger charge is 2.37. The van der Waals surface area contributed by atoms with E-state index < -0.39 is 0 Å². The first kappa shape index (κ1) is 26.9. The molecule has 49 heavy (non-hydrogen) atoms. The van der Waals surface area contributed by atoms with Gasteiger partial charge in [0, 0.05) is 27.0 Å². The first-order valence-corrected chi connectivity index (χ1v) is 17.0. The van der Waals surface area contributed by atoms with E-state index in [2.05, 4.69) is 147 Å². The van der Waals surface area contributed by atoms with Crippen LogP contribution < -0.4 is 0 Å². The summed E-state index contributed by atoms with van der Waals surface area (Å²) in [4.78, 5) is 0. The number of hydrogen-bond acceptors (Lipinski definition) is 2. The highest BCUT2D eigenvalue weighted by molar-refractivity contribution is 6.23. The number of rotatable bonds is 2. The fraction of sp³-hybridized carbons (Fsp3) is 0.0638. The van der Waals surface area contributed by atoms with Gasteiger partial charge >= 0.3 is 0 Å². The van der Waals surface area contributed by atoms with Gasteiger partial charge in [0.2, 0.25) is 0 Å². The largest absolute Gasteiger partial charge is 0.456 e. The maximum Gasteiger partial charge on any atom is 0.136 e. The van der Waals surface area contributed by atoms with Crippen LogP contribution in [0.3, 0.4) is 0 Å². The van der Waals surface area contributed by atoms with Crippen LogP contribution in [0.1, 0.15) is 25.0 Å². The van der Waals surface area contributed by atoms with Crippen LogP contribution in [0.2, 0.25) is 0 Å². The Hall–Kier alpha value is -6.12. The summed E-state index contributed by atoms with van der Waals surface area (Å²) in [7, 11) is 0. The van der Waals surface area contributed by atoms with Crippen LogP contribution in [0.15, 0.2) is 154 Å². The molecule has 0 atom stereocenters. The topological polar surface area (TPSA) is 26.3 Å². The molecule has 230 valence electrons. The molecule has 2 aromatic heterocycles. The van der Waals surface area contributed by atoms with Crippen LogP contribution >= 0.6 is 0 Å². The number of fused-ring (bicyclic) bond motifs is 12. The van der Waals surface area contributed by atoms with Crippen molar-refractivity contribution in [3.05, 3.63) is 157 Å². The van der Waals surface area contributed by atoms with E-state index in [0.717, 1.165) is 38.5 Å². The molecule has 2 heterocycles. The quantitative estimate of drug-likeness (QED) is 0.178. The van der Waals surface area contributed by atoms with Crippen LogP contribution in [0, 0.1) is 0 Å². The predicted molar refractivity (Wildman–Crippen MR) is 204 cm³/mol. The van der Waals surface area contributed by atoms with Crippen LogP contribution in [0.5, 0.6) is 0 Å². The van der Waals surface area contributed by atoms with E-state index in [1.807, 2.05) is 12.1 Å². The molecule has 0 amide bonds. The van der Waals surface area contributed by atoms with E-state index in [1.165, 1.54) is 71.4 Å². The molecule has 2 heteroatoms. The molecule has 0 N–H and O–H groups in total.